The van der Waals surface area contributed by atoms with Crippen LogP contribution in [0.15, 0.2) is 0 Å². The van der Waals surface area contributed by atoms with Crippen LogP contribution < -0.4 is 10.6 Å². The highest BCUT2D eigenvalue weighted by atomic mass is 15.0. The Kier molecular flexibility index (Phi) is 5.40. The molecule has 78 valence electrons. The lowest BCUT2D eigenvalue weighted by Crippen LogP contribution is -2.39. The van der Waals surface area contributed by atoms with Gasteiger partial charge < -0.3 is 10.6 Å². The van der Waals surface area contributed by atoms with Crippen LogP contribution in [0.3, 0.4) is 0 Å². The smallest absolute Gasteiger partial charge is 0.0207 e. The first-order chi connectivity index (χ1) is 6.36. The summed E-state index contributed by atoms with van der Waals surface area (Å²) in [6.45, 7) is 6.92. The highest BCUT2D eigenvalue weighted by Gasteiger charge is 2.16. The molecule has 0 aromatic heterocycles. The highest BCUT2D eigenvalue weighted by molar-refractivity contribution is 4.80. The molecule has 2 nitrogen and oxygen atoms in total. The van der Waals surface area contributed by atoms with Gasteiger partial charge >= 0.3 is 0 Å². The zero-order chi connectivity index (χ0) is 9.52. The van der Waals surface area contributed by atoms with Crippen LogP contribution in [-0.2, 0) is 0 Å². The van der Waals surface area contributed by atoms with Gasteiger partial charge in [0.25, 0.3) is 0 Å². The van der Waals surface area contributed by atoms with E-state index in [9.17, 15) is 0 Å². The van der Waals surface area contributed by atoms with Crippen LogP contribution in [0.2, 0.25) is 0 Å². The first-order valence-corrected chi connectivity index (χ1v) is 5.83. The topological polar surface area (TPSA) is 24.1 Å². The molecule has 2 unspecified atom stereocenters. The molecule has 1 saturated heterocycles. The molecule has 1 rings (SSSR count). The monoisotopic (exact) mass is 184 g/mol. The van der Waals surface area contributed by atoms with E-state index in [2.05, 4.69) is 24.5 Å². The first-order valence-electron chi connectivity index (χ1n) is 5.83. The summed E-state index contributed by atoms with van der Waals surface area (Å²) >= 11 is 0. The quantitative estimate of drug-likeness (QED) is 0.659. The van der Waals surface area contributed by atoms with Gasteiger partial charge in [0.2, 0.25) is 0 Å². The molecule has 1 heterocycles. The first kappa shape index (κ1) is 11.0. The highest BCUT2D eigenvalue weighted by Crippen LogP contribution is 2.07. The van der Waals surface area contributed by atoms with Crippen molar-refractivity contribution in [1.29, 1.82) is 0 Å². The number of nitrogens with one attached hydrogen (secondary N) is 2. The second-order valence-corrected chi connectivity index (χ2v) is 4.10. The van der Waals surface area contributed by atoms with Crippen LogP contribution in [0.5, 0.6) is 0 Å². The summed E-state index contributed by atoms with van der Waals surface area (Å²) < 4.78 is 0. The van der Waals surface area contributed by atoms with Crippen LogP contribution in [0, 0.1) is 0 Å². The Balaban J connectivity index is 2.13. The SMILES string of the molecule is CCCCC(CC)NC1CCNC1. The Bertz CT molecular complexity index is 119. The fourth-order valence-corrected chi connectivity index (χ4v) is 1.99. The Morgan fingerprint density at radius 1 is 1.46 bits per heavy atom. The summed E-state index contributed by atoms with van der Waals surface area (Å²) in [4.78, 5) is 0. The molecular formula is C11H24N2. The van der Waals surface area contributed by atoms with E-state index in [-0.39, 0.29) is 0 Å². The number of hydrogen-bond donors (Lipinski definition) is 2. The fraction of sp³-hybridized carbons (Fsp3) is 1.00. The van der Waals surface area contributed by atoms with Crippen molar-refractivity contribution in [2.45, 2.75) is 58.0 Å². The summed E-state index contributed by atoms with van der Waals surface area (Å²) in [6, 6.07) is 1.49. The second kappa shape index (κ2) is 6.39. The Labute approximate surface area is 82.5 Å². The normalized spacial score (nSPS) is 24.9. The van der Waals surface area contributed by atoms with Crippen molar-refractivity contribution < 1.29 is 0 Å². The third-order valence-electron chi connectivity index (χ3n) is 2.93. The van der Waals surface area contributed by atoms with Crippen LogP contribution in [0.4, 0.5) is 0 Å². The molecule has 2 heteroatoms. The average molecular weight is 184 g/mol. The van der Waals surface area contributed by atoms with Gasteiger partial charge in [-0.3, -0.25) is 0 Å². The van der Waals surface area contributed by atoms with Gasteiger partial charge in [0.15, 0.2) is 0 Å². The van der Waals surface area contributed by atoms with Gasteiger partial charge in [-0.15, -0.1) is 0 Å². The Morgan fingerprint density at radius 2 is 2.31 bits per heavy atom. The zero-order valence-corrected chi connectivity index (χ0v) is 9.10. The van der Waals surface area contributed by atoms with Gasteiger partial charge in [-0.25, -0.2) is 0 Å². The molecule has 0 bridgehead atoms. The second-order valence-electron chi connectivity index (χ2n) is 4.10. The molecule has 1 aliphatic heterocycles. The lowest BCUT2D eigenvalue weighted by Gasteiger charge is -2.21. The van der Waals surface area contributed by atoms with Crippen molar-refractivity contribution in [1.82, 2.24) is 10.6 Å². The molecule has 1 fully saturated rings. The van der Waals surface area contributed by atoms with Gasteiger partial charge in [0.1, 0.15) is 0 Å². The van der Waals surface area contributed by atoms with Gasteiger partial charge in [-0.2, -0.15) is 0 Å². The average Bonchev–Trinajstić information content (AvgIpc) is 2.64. The number of unbranched alkanes of at least 4 members (excludes halogenated alkanes) is 1. The van der Waals surface area contributed by atoms with Crippen molar-refractivity contribution in [3.8, 4) is 0 Å². The molecular weight excluding hydrogens is 160 g/mol. The van der Waals surface area contributed by atoms with E-state index in [0.29, 0.717) is 0 Å². The number of rotatable bonds is 6. The van der Waals surface area contributed by atoms with E-state index in [0.717, 1.165) is 12.1 Å². The summed E-state index contributed by atoms with van der Waals surface area (Å²) in [5.41, 5.74) is 0. The van der Waals surface area contributed by atoms with E-state index in [1.807, 2.05) is 0 Å². The molecule has 13 heavy (non-hydrogen) atoms. The van der Waals surface area contributed by atoms with E-state index in [4.69, 9.17) is 0 Å². The zero-order valence-electron chi connectivity index (χ0n) is 9.10. The lowest BCUT2D eigenvalue weighted by atomic mass is 10.1. The van der Waals surface area contributed by atoms with Crippen LogP contribution in [0.25, 0.3) is 0 Å². The van der Waals surface area contributed by atoms with Crippen molar-refractivity contribution in [3.05, 3.63) is 0 Å². The molecule has 2 N–H and O–H groups in total. The summed E-state index contributed by atoms with van der Waals surface area (Å²) in [5, 5.41) is 7.13. The maximum atomic E-state index is 3.74. The van der Waals surface area contributed by atoms with Crippen LogP contribution in [0.1, 0.15) is 46.0 Å². The molecule has 0 aliphatic carbocycles. The van der Waals surface area contributed by atoms with Gasteiger partial charge in [0, 0.05) is 18.6 Å². The fourth-order valence-electron chi connectivity index (χ4n) is 1.99. The summed E-state index contributed by atoms with van der Waals surface area (Å²) in [5.74, 6) is 0. The van der Waals surface area contributed by atoms with Crippen LogP contribution >= 0.6 is 0 Å². The van der Waals surface area contributed by atoms with Gasteiger partial charge in [-0.05, 0) is 25.8 Å². The molecule has 2 atom stereocenters. The molecule has 1 aliphatic rings. The maximum Gasteiger partial charge on any atom is 0.0207 e. The van der Waals surface area contributed by atoms with Crippen molar-refractivity contribution in [2.75, 3.05) is 13.1 Å². The third-order valence-corrected chi connectivity index (χ3v) is 2.93. The predicted octanol–water partition coefficient (Wildman–Crippen LogP) is 1.91. The lowest BCUT2D eigenvalue weighted by molar-refractivity contribution is 0.402. The van der Waals surface area contributed by atoms with E-state index >= 15 is 0 Å². The molecule has 0 amide bonds. The minimum absolute atomic E-state index is 0.738. The van der Waals surface area contributed by atoms with Gasteiger partial charge in [0.05, 0.1) is 0 Å². The third kappa shape index (κ3) is 4.10. The summed E-state index contributed by atoms with van der Waals surface area (Å²) in [7, 11) is 0. The summed E-state index contributed by atoms with van der Waals surface area (Å²) in [6.07, 6.45) is 6.62. The predicted molar refractivity (Wildman–Crippen MR) is 58.0 cm³/mol. The minimum atomic E-state index is 0.738. The standard InChI is InChI=1S/C11H24N2/c1-3-5-6-10(4-2)13-11-7-8-12-9-11/h10-13H,3-9H2,1-2H3. The molecule has 0 spiro atoms. The maximum absolute atomic E-state index is 3.74. The van der Waals surface area contributed by atoms with Crippen molar-refractivity contribution in [2.24, 2.45) is 0 Å². The Hall–Kier alpha value is -0.0800. The van der Waals surface area contributed by atoms with E-state index < -0.39 is 0 Å². The largest absolute Gasteiger partial charge is 0.315 e. The molecule has 0 radical (unpaired) electrons. The van der Waals surface area contributed by atoms with Crippen LogP contribution in [-0.4, -0.2) is 25.2 Å². The number of hydrogen-bond acceptors (Lipinski definition) is 2. The molecule has 0 aromatic carbocycles. The van der Waals surface area contributed by atoms with Crippen molar-refractivity contribution in [3.63, 3.8) is 0 Å². The van der Waals surface area contributed by atoms with E-state index in [1.165, 1.54) is 45.2 Å². The van der Waals surface area contributed by atoms with Crippen molar-refractivity contribution >= 4 is 0 Å². The van der Waals surface area contributed by atoms with Gasteiger partial charge in [-0.1, -0.05) is 26.7 Å². The van der Waals surface area contributed by atoms with E-state index in [1.54, 1.807) is 0 Å². The Morgan fingerprint density at radius 3 is 2.85 bits per heavy atom. The molecule has 0 aromatic rings. The minimum Gasteiger partial charge on any atom is -0.315 e. The molecule has 0 saturated carbocycles.